The lowest BCUT2D eigenvalue weighted by atomic mass is 10.2. The van der Waals surface area contributed by atoms with Crippen LogP contribution in [0.25, 0.3) is 0 Å². The Morgan fingerprint density at radius 1 is 1.73 bits per heavy atom. The molecule has 1 aromatic heterocycles. The molecule has 0 aromatic carbocycles. The van der Waals surface area contributed by atoms with Gasteiger partial charge in [0.05, 0.1) is 24.5 Å². The molecule has 82 valence electrons. The van der Waals surface area contributed by atoms with E-state index in [9.17, 15) is 4.79 Å². The molecule has 1 aliphatic heterocycles. The molecular formula is C10H14N2O3. The molecule has 0 bridgehead atoms. The average molecular weight is 210 g/mol. The molecule has 1 N–H and O–H groups in total. The highest BCUT2D eigenvalue weighted by molar-refractivity contribution is 5.69. The standard InChI is InChI=1S/C10H14N2O3/c13-10(14)4-8-5-12(7-11-8)6-9-2-1-3-15-9/h5,7,9H,1-4,6H2,(H,13,14). The predicted molar refractivity (Wildman–Crippen MR) is 52.5 cm³/mol. The summed E-state index contributed by atoms with van der Waals surface area (Å²) in [6.45, 7) is 1.61. The van der Waals surface area contributed by atoms with Gasteiger partial charge in [-0.2, -0.15) is 0 Å². The average Bonchev–Trinajstić information content (AvgIpc) is 2.77. The lowest BCUT2D eigenvalue weighted by Gasteiger charge is -2.08. The Morgan fingerprint density at radius 2 is 2.60 bits per heavy atom. The van der Waals surface area contributed by atoms with E-state index in [0.717, 1.165) is 26.0 Å². The summed E-state index contributed by atoms with van der Waals surface area (Å²) < 4.78 is 7.38. The number of rotatable bonds is 4. The highest BCUT2D eigenvalue weighted by Crippen LogP contribution is 2.14. The molecule has 2 heterocycles. The van der Waals surface area contributed by atoms with Crippen LogP contribution in [0.4, 0.5) is 0 Å². The molecule has 0 saturated carbocycles. The lowest BCUT2D eigenvalue weighted by Crippen LogP contribution is -2.13. The molecule has 1 atom stereocenters. The van der Waals surface area contributed by atoms with Crippen molar-refractivity contribution in [3.63, 3.8) is 0 Å². The van der Waals surface area contributed by atoms with Gasteiger partial charge in [-0.1, -0.05) is 0 Å². The third kappa shape index (κ3) is 2.79. The van der Waals surface area contributed by atoms with Gasteiger partial charge < -0.3 is 14.4 Å². The molecule has 1 saturated heterocycles. The molecule has 2 rings (SSSR count). The zero-order valence-electron chi connectivity index (χ0n) is 8.43. The van der Waals surface area contributed by atoms with Gasteiger partial charge in [-0.3, -0.25) is 4.79 Å². The van der Waals surface area contributed by atoms with Gasteiger partial charge in [0.25, 0.3) is 0 Å². The largest absolute Gasteiger partial charge is 0.481 e. The van der Waals surface area contributed by atoms with Crippen LogP contribution < -0.4 is 0 Å². The van der Waals surface area contributed by atoms with Gasteiger partial charge in [0.15, 0.2) is 0 Å². The number of hydrogen-bond donors (Lipinski definition) is 1. The fraction of sp³-hybridized carbons (Fsp3) is 0.600. The van der Waals surface area contributed by atoms with Crippen LogP contribution in [0.2, 0.25) is 0 Å². The zero-order valence-corrected chi connectivity index (χ0v) is 8.43. The van der Waals surface area contributed by atoms with Crippen molar-refractivity contribution in [1.82, 2.24) is 9.55 Å². The third-order valence-electron chi connectivity index (χ3n) is 2.46. The zero-order chi connectivity index (χ0) is 10.7. The van der Waals surface area contributed by atoms with Gasteiger partial charge in [-0.05, 0) is 12.8 Å². The number of carboxylic acid groups (broad SMARTS) is 1. The molecule has 0 spiro atoms. The Bertz CT molecular complexity index is 342. The molecule has 1 unspecified atom stereocenters. The maximum absolute atomic E-state index is 10.4. The molecule has 0 radical (unpaired) electrons. The first-order chi connectivity index (χ1) is 7.24. The van der Waals surface area contributed by atoms with Crippen molar-refractivity contribution >= 4 is 5.97 Å². The minimum Gasteiger partial charge on any atom is -0.481 e. The molecule has 1 aromatic rings. The second-order valence-corrected chi connectivity index (χ2v) is 3.77. The molecule has 5 nitrogen and oxygen atoms in total. The van der Waals surface area contributed by atoms with E-state index >= 15 is 0 Å². The summed E-state index contributed by atoms with van der Waals surface area (Å²) in [5.41, 5.74) is 0.598. The SMILES string of the molecule is O=C(O)Cc1cn(CC2CCCO2)cn1. The monoisotopic (exact) mass is 210 g/mol. The summed E-state index contributed by atoms with van der Waals surface area (Å²) in [7, 11) is 0. The van der Waals surface area contributed by atoms with Crippen LogP contribution in [0.3, 0.4) is 0 Å². The molecule has 5 heteroatoms. The summed E-state index contributed by atoms with van der Waals surface area (Å²) in [6.07, 6.45) is 5.87. The fourth-order valence-corrected chi connectivity index (χ4v) is 1.78. The van der Waals surface area contributed by atoms with Crippen LogP contribution in [-0.4, -0.2) is 33.3 Å². The van der Waals surface area contributed by atoms with E-state index in [1.54, 1.807) is 12.5 Å². The Morgan fingerprint density at radius 3 is 3.27 bits per heavy atom. The molecule has 0 amide bonds. The van der Waals surface area contributed by atoms with Gasteiger partial charge in [-0.25, -0.2) is 4.98 Å². The number of hydrogen-bond acceptors (Lipinski definition) is 3. The number of aliphatic carboxylic acids is 1. The van der Waals surface area contributed by atoms with E-state index < -0.39 is 5.97 Å². The number of carboxylic acids is 1. The first-order valence-electron chi connectivity index (χ1n) is 5.08. The van der Waals surface area contributed by atoms with Crippen molar-refractivity contribution < 1.29 is 14.6 Å². The molecule has 15 heavy (non-hydrogen) atoms. The third-order valence-corrected chi connectivity index (χ3v) is 2.46. The van der Waals surface area contributed by atoms with E-state index in [0.29, 0.717) is 5.69 Å². The number of nitrogens with zero attached hydrogens (tertiary/aromatic N) is 2. The van der Waals surface area contributed by atoms with Crippen LogP contribution in [0.15, 0.2) is 12.5 Å². The molecular weight excluding hydrogens is 196 g/mol. The van der Waals surface area contributed by atoms with E-state index in [4.69, 9.17) is 9.84 Å². The summed E-state index contributed by atoms with van der Waals surface area (Å²) >= 11 is 0. The number of aromatic nitrogens is 2. The van der Waals surface area contributed by atoms with Crippen molar-refractivity contribution in [2.45, 2.75) is 31.9 Å². The Hall–Kier alpha value is -1.36. The first-order valence-corrected chi connectivity index (χ1v) is 5.08. The van der Waals surface area contributed by atoms with E-state index in [1.807, 2.05) is 4.57 Å². The van der Waals surface area contributed by atoms with Crippen molar-refractivity contribution in [3.05, 3.63) is 18.2 Å². The number of imidazole rings is 1. The maximum atomic E-state index is 10.4. The van der Waals surface area contributed by atoms with E-state index in [1.165, 1.54) is 0 Å². The lowest BCUT2D eigenvalue weighted by molar-refractivity contribution is -0.136. The Balaban J connectivity index is 1.91. The van der Waals surface area contributed by atoms with Crippen molar-refractivity contribution in [3.8, 4) is 0 Å². The van der Waals surface area contributed by atoms with Crippen LogP contribution in [-0.2, 0) is 22.5 Å². The van der Waals surface area contributed by atoms with Crippen molar-refractivity contribution in [1.29, 1.82) is 0 Å². The van der Waals surface area contributed by atoms with Crippen LogP contribution in [0.1, 0.15) is 18.5 Å². The summed E-state index contributed by atoms with van der Waals surface area (Å²) in [5.74, 6) is -0.850. The Labute approximate surface area is 87.7 Å². The van der Waals surface area contributed by atoms with Gasteiger partial charge >= 0.3 is 5.97 Å². The van der Waals surface area contributed by atoms with Gasteiger partial charge in [0.1, 0.15) is 0 Å². The van der Waals surface area contributed by atoms with Crippen molar-refractivity contribution in [2.75, 3.05) is 6.61 Å². The van der Waals surface area contributed by atoms with E-state index in [2.05, 4.69) is 4.98 Å². The summed E-state index contributed by atoms with van der Waals surface area (Å²) in [4.78, 5) is 14.5. The maximum Gasteiger partial charge on any atom is 0.309 e. The van der Waals surface area contributed by atoms with Crippen molar-refractivity contribution in [2.24, 2.45) is 0 Å². The molecule has 1 fully saturated rings. The predicted octanol–water partition coefficient (Wildman–Crippen LogP) is 0.689. The number of carbonyl (C=O) groups is 1. The molecule has 1 aliphatic rings. The van der Waals surface area contributed by atoms with Crippen LogP contribution in [0, 0.1) is 0 Å². The van der Waals surface area contributed by atoms with Gasteiger partial charge in [0.2, 0.25) is 0 Å². The first kappa shape index (κ1) is 10.2. The highest BCUT2D eigenvalue weighted by Gasteiger charge is 2.16. The van der Waals surface area contributed by atoms with Gasteiger partial charge in [-0.15, -0.1) is 0 Å². The fourth-order valence-electron chi connectivity index (χ4n) is 1.78. The summed E-state index contributed by atoms with van der Waals surface area (Å²) in [5, 5.41) is 8.59. The minimum atomic E-state index is -0.850. The highest BCUT2D eigenvalue weighted by atomic mass is 16.5. The second kappa shape index (κ2) is 4.44. The quantitative estimate of drug-likeness (QED) is 0.794. The Kier molecular flexibility index (Phi) is 3.01. The van der Waals surface area contributed by atoms with Crippen LogP contribution >= 0.6 is 0 Å². The topological polar surface area (TPSA) is 64.3 Å². The molecule has 0 aliphatic carbocycles. The number of ether oxygens (including phenoxy) is 1. The van der Waals surface area contributed by atoms with Gasteiger partial charge in [0, 0.05) is 19.3 Å². The van der Waals surface area contributed by atoms with Crippen LogP contribution in [0.5, 0.6) is 0 Å². The van der Waals surface area contributed by atoms with E-state index in [-0.39, 0.29) is 12.5 Å². The minimum absolute atomic E-state index is 0.0154. The second-order valence-electron chi connectivity index (χ2n) is 3.77. The smallest absolute Gasteiger partial charge is 0.309 e. The normalized spacial score (nSPS) is 20.7. The summed E-state index contributed by atoms with van der Waals surface area (Å²) in [6, 6.07) is 0.